The minimum absolute atomic E-state index is 0.163. The van der Waals surface area contributed by atoms with Gasteiger partial charge in [-0.25, -0.2) is 8.42 Å². The number of sulfone groups is 1. The molecule has 4 nitrogen and oxygen atoms in total. The first-order chi connectivity index (χ1) is 9.09. The fourth-order valence-electron chi connectivity index (χ4n) is 3.57. The minimum Gasteiger partial charge on any atom is -0.381 e. The van der Waals surface area contributed by atoms with E-state index in [2.05, 4.69) is 6.92 Å². The molecule has 0 radical (unpaired) electrons. The molecule has 2 rings (SSSR count). The van der Waals surface area contributed by atoms with Gasteiger partial charge in [0.05, 0.1) is 10.5 Å². The van der Waals surface area contributed by atoms with Gasteiger partial charge in [0, 0.05) is 13.2 Å². The largest absolute Gasteiger partial charge is 0.381 e. The van der Waals surface area contributed by atoms with Crippen LogP contribution in [-0.2, 0) is 14.6 Å². The average Bonchev–Trinajstić information content (AvgIpc) is 2.47. The third-order valence-electron chi connectivity index (χ3n) is 4.97. The van der Waals surface area contributed by atoms with Gasteiger partial charge >= 0.3 is 0 Å². The zero-order valence-corrected chi connectivity index (χ0v) is 12.7. The van der Waals surface area contributed by atoms with E-state index < -0.39 is 9.84 Å². The third kappa shape index (κ3) is 3.31. The Morgan fingerprint density at radius 3 is 2.42 bits per heavy atom. The second kappa shape index (κ2) is 6.55. The first-order valence-electron chi connectivity index (χ1n) is 7.60. The highest BCUT2D eigenvalue weighted by atomic mass is 32.2. The molecule has 2 aliphatic rings. The lowest BCUT2D eigenvalue weighted by Gasteiger charge is -2.37. The zero-order valence-electron chi connectivity index (χ0n) is 11.9. The first kappa shape index (κ1) is 15.3. The standard InChI is InChI=1S/C14H27NO3S/c1-2-11-3-4-12(10-15)14(9-11)19(16,17)13-5-7-18-8-6-13/h11-14H,2-10,15H2,1H3. The molecular formula is C14H27NO3S. The van der Waals surface area contributed by atoms with Gasteiger partial charge in [0.2, 0.25) is 0 Å². The summed E-state index contributed by atoms with van der Waals surface area (Å²) in [5.74, 6) is 0.720. The van der Waals surface area contributed by atoms with Crippen LogP contribution in [0.25, 0.3) is 0 Å². The molecule has 0 bridgehead atoms. The number of hydrogen-bond acceptors (Lipinski definition) is 4. The maximum absolute atomic E-state index is 12.9. The monoisotopic (exact) mass is 289 g/mol. The molecule has 0 spiro atoms. The van der Waals surface area contributed by atoms with Gasteiger partial charge < -0.3 is 10.5 Å². The molecule has 0 aromatic carbocycles. The molecule has 1 aliphatic carbocycles. The molecule has 1 heterocycles. The summed E-state index contributed by atoms with van der Waals surface area (Å²) >= 11 is 0. The van der Waals surface area contributed by atoms with Gasteiger partial charge in [0.1, 0.15) is 0 Å². The highest BCUT2D eigenvalue weighted by Gasteiger charge is 2.42. The van der Waals surface area contributed by atoms with E-state index in [1.54, 1.807) is 0 Å². The predicted octanol–water partition coefficient (Wildman–Crippen LogP) is 1.73. The van der Waals surface area contributed by atoms with Crippen molar-refractivity contribution in [2.45, 2.75) is 55.9 Å². The van der Waals surface area contributed by atoms with Crippen LogP contribution in [0.15, 0.2) is 0 Å². The Balaban J connectivity index is 2.14. The second-order valence-corrected chi connectivity index (χ2v) is 8.47. The molecule has 3 atom stereocenters. The van der Waals surface area contributed by atoms with Crippen LogP contribution in [-0.4, -0.2) is 38.7 Å². The second-order valence-electron chi connectivity index (χ2n) is 6.02. The van der Waals surface area contributed by atoms with Crippen molar-refractivity contribution in [1.82, 2.24) is 0 Å². The van der Waals surface area contributed by atoms with Gasteiger partial charge in [0.15, 0.2) is 9.84 Å². The van der Waals surface area contributed by atoms with Crippen molar-refractivity contribution in [3.05, 3.63) is 0 Å². The summed E-state index contributed by atoms with van der Waals surface area (Å²) in [4.78, 5) is 0. The van der Waals surface area contributed by atoms with Crippen molar-refractivity contribution in [2.75, 3.05) is 19.8 Å². The van der Waals surface area contributed by atoms with Gasteiger partial charge in [-0.05, 0) is 44.1 Å². The Morgan fingerprint density at radius 2 is 1.84 bits per heavy atom. The molecule has 0 aromatic rings. The lowest BCUT2D eigenvalue weighted by Crippen LogP contribution is -2.45. The Hall–Kier alpha value is -0.130. The van der Waals surface area contributed by atoms with E-state index >= 15 is 0 Å². The predicted molar refractivity (Wildman–Crippen MR) is 76.7 cm³/mol. The maximum Gasteiger partial charge on any atom is 0.156 e. The van der Waals surface area contributed by atoms with Gasteiger partial charge in [0.25, 0.3) is 0 Å². The normalized spacial score (nSPS) is 34.3. The molecule has 2 N–H and O–H groups in total. The van der Waals surface area contributed by atoms with E-state index in [1.165, 1.54) is 0 Å². The summed E-state index contributed by atoms with van der Waals surface area (Å²) in [5.41, 5.74) is 5.82. The molecule has 3 unspecified atom stereocenters. The van der Waals surface area contributed by atoms with E-state index in [4.69, 9.17) is 10.5 Å². The molecule has 0 amide bonds. The van der Waals surface area contributed by atoms with Crippen molar-refractivity contribution >= 4 is 9.84 Å². The molecule has 2 fully saturated rings. The molecular weight excluding hydrogens is 262 g/mol. The molecule has 19 heavy (non-hydrogen) atoms. The van der Waals surface area contributed by atoms with Crippen LogP contribution in [0.2, 0.25) is 0 Å². The average molecular weight is 289 g/mol. The van der Waals surface area contributed by atoms with Gasteiger partial charge in [-0.3, -0.25) is 0 Å². The Bertz CT molecular complexity index is 376. The quantitative estimate of drug-likeness (QED) is 0.856. The highest BCUT2D eigenvalue weighted by Crippen LogP contribution is 2.37. The lowest BCUT2D eigenvalue weighted by atomic mass is 9.80. The van der Waals surface area contributed by atoms with Crippen LogP contribution in [0, 0.1) is 11.8 Å². The summed E-state index contributed by atoms with van der Waals surface area (Å²) in [6.45, 7) is 3.83. The number of ether oxygens (including phenoxy) is 1. The summed E-state index contributed by atoms with van der Waals surface area (Å²) in [6, 6.07) is 0. The molecule has 1 aliphatic heterocycles. The maximum atomic E-state index is 12.9. The van der Waals surface area contributed by atoms with E-state index in [0.29, 0.717) is 38.5 Å². The van der Waals surface area contributed by atoms with Crippen molar-refractivity contribution < 1.29 is 13.2 Å². The highest BCUT2D eigenvalue weighted by molar-refractivity contribution is 7.92. The minimum atomic E-state index is -3.05. The summed E-state index contributed by atoms with van der Waals surface area (Å²) in [5, 5.41) is -0.407. The first-order valence-corrected chi connectivity index (χ1v) is 9.21. The summed E-state index contributed by atoms with van der Waals surface area (Å²) < 4.78 is 31.0. The van der Waals surface area contributed by atoms with E-state index in [1.807, 2.05) is 0 Å². The van der Waals surface area contributed by atoms with Crippen LogP contribution in [0.1, 0.15) is 45.4 Å². The van der Waals surface area contributed by atoms with E-state index in [-0.39, 0.29) is 16.4 Å². The smallest absolute Gasteiger partial charge is 0.156 e. The molecule has 112 valence electrons. The van der Waals surface area contributed by atoms with Gasteiger partial charge in [-0.15, -0.1) is 0 Å². The van der Waals surface area contributed by atoms with Crippen LogP contribution in [0.5, 0.6) is 0 Å². The lowest BCUT2D eigenvalue weighted by molar-refractivity contribution is 0.0977. The summed E-state index contributed by atoms with van der Waals surface area (Å²) in [6.07, 6.45) is 5.33. The molecule has 5 heteroatoms. The number of hydrogen-bond donors (Lipinski definition) is 1. The third-order valence-corrected chi connectivity index (χ3v) is 7.79. The zero-order chi connectivity index (χ0) is 13.9. The number of rotatable bonds is 4. The summed E-state index contributed by atoms with van der Waals surface area (Å²) in [7, 11) is -3.05. The van der Waals surface area contributed by atoms with Crippen molar-refractivity contribution in [2.24, 2.45) is 17.6 Å². The fourth-order valence-corrected chi connectivity index (χ4v) is 6.24. The van der Waals surface area contributed by atoms with Crippen molar-refractivity contribution in [3.8, 4) is 0 Å². The number of nitrogens with two attached hydrogens (primary N) is 1. The van der Waals surface area contributed by atoms with Gasteiger partial charge in [-0.1, -0.05) is 19.8 Å². The van der Waals surface area contributed by atoms with Crippen LogP contribution in [0.4, 0.5) is 0 Å². The Labute approximate surface area is 117 Å². The fraction of sp³-hybridized carbons (Fsp3) is 1.00. The molecule has 1 saturated heterocycles. The van der Waals surface area contributed by atoms with Crippen molar-refractivity contribution in [3.63, 3.8) is 0 Å². The SMILES string of the molecule is CCC1CCC(CN)C(S(=O)(=O)C2CCOCC2)C1. The topological polar surface area (TPSA) is 69.4 Å². The van der Waals surface area contributed by atoms with E-state index in [9.17, 15) is 8.42 Å². The Morgan fingerprint density at radius 1 is 1.16 bits per heavy atom. The van der Waals surface area contributed by atoms with Crippen molar-refractivity contribution in [1.29, 1.82) is 0 Å². The van der Waals surface area contributed by atoms with Crippen LogP contribution < -0.4 is 5.73 Å². The Kier molecular flexibility index (Phi) is 5.26. The van der Waals surface area contributed by atoms with Gasteiger partial charge in [-0.2, -0.15) is 0 Å². The van der Waals surface area contributed by atoms with E-state index in [0.717, 1.165) is 25.7 Å². The molecule has 1 saturated carbocycles. The van der Waals surface area contributed by atoms with Crippen LogP contribution >= 0.6 is 0 Å². The van der Waals surface area contributed by atoms with Crippen LogP contribution in [0.3, 0.4) is 0 Å². The molecule has 0 aromatic heterocycles.